The summed E-state index contributed by atoms with van der Waals surface area (Å²) in [6, 6.07) is 7.09. The highest BCUT2D eigenvalue weighted by Crippen LogP contribution is 2.33. The van der Waals surface area contributed by atoms with Gasteiger partial charge in [0.2, 0.25) is 0 Å². The maximum atomic E-state index is 13.7. The van der Waals surface area contributed by atoms with Crippen LogP contribution in [0.2, 0.25) is 0 Å². The van der Waals surface area contributed by atoms with Crippen molar-refractivity contribution in [1.82, 2.24) is 10.6 Å². The molecule has 1 saturated carbocycles. The van der Waals surface area contributed by atoms with Crippen LogP contribution in [0, 0.1) is 18.7 Å². The molecule has 1 heterocycles. The van der Waals surface area contributed by atoms with Gasteiger partial charge in [-0.15, -0.1) is 0 Å². The standard InChI is InChI=1S/C18H27FN2/c1-12-8-9-14(11-16(12)19)13(2)21-18-6-3-5-15(18)17-7-4-10-20-17/h8-9,11,13,15,17-18,20-21H,3-7,10H2,1-2H3. The Bertz CT molecular complexity index is 482. The van der Waals surface area contributed by atoms with Crippen molar-refractivity contribution in [3.8, 4) is 0 Å². The molecular formula is C18H27FN2. The molecule has 1 aromatic carbocycles. The zero-order chi connectivity index (χ0) is 14.8. The summed E-state index contributed by atoms with van der Waals surface area (Å²) in [5, 5.41) is 7.42. The average molecular weight is 290 g/mol. The molecule has 3 heteroatoms. The highest BCUT2D eigenvalue weighted by atomic mass is 19.1. The van der Waals surface area contributed by atoms with Crippen LogP contribution >= 0.6 is 0 Å². The maximum Gasteiger partial charge on any atom is 0.126 e. The lowest BCUT2D eigenvalue weighted by Crippen LogP contribution is -2.42. The zero-order valence-corrected chi connectivity index (χ0v) is 13.2. The zero-order valence-electron chi connectivity index (χ0n) is 13.2. The normalized spacial score (nSPS) is 30.7. The van der Waals surface area contributed by atoms with E-state index in [1.807, 2.05) is 19.1 Å². The first kappa shape index (κ1) is 15.0. The highest BCUT2D eigenvalue weighted by Gasteiger charge is 2.35. The van der Waals surface area contributed by atoms with Crippen LogP contribution in [0.25, 0.3) is 0 Å². The lowest BCUT2D eigenvalue weighted by molar-refractivity contribution is 0.303. The molecule has 0 spiro atoms. The van der Waals surface area contributed by atoms with Crippen LogP contribution in [0.4, 0.5) is 4.39 Å². The highest BCUT2D eigenvalue weighted by molar-refractivity contribution is 5.25. The number of benzene rings is 1. The third kappa shape index (κ3) is 3.29. The fraction of sp³-hybridized carbons (Fsp3) is 0.667. The smallest absolute Gasteiger partial charge is 0.126 e. The molecule has 0 radical (unpaired) electrons. The van der Waals surface area contributed by atoms with E-state index in [9.17, 15) is 4.39 Å². The lowest BCUT2D eigenvalue weighted by Gasteiger charge is -2.29. The summed E-state index contributed by atoms with van der Waals surface area (Å²) in [7, 11) is 0. The summed E-state index contributed by atoms with van der Waals surface area (Å²) in [6.45, 7) is 5.14. The number of halogens is 1. The number of aryl methyl sites for hydroxylation is 1. The van der Waals surface area contributed by atoms with Gasteiger partial charge < -0.3 is 10.6 Å². The van der Waals surface area contributed by atoms with Crippen LogP contribution in [0.3, 0.4) is 0 Å². The van der Waals surface area contributed by atoms with E-state index in [0.717, 1.165) is 17.0 Å². The van der Waals surface area contributed by atoms with Crippen LogP contribution in [0.1, 0.15) is 56.2 Å². The van der Waals surface area contributed by atoms with Crippen LogP contribution in [0.5, 0.6) is 0 Å². The second-order valence-electron chi connectivity index (χ2n) is 6.80. The molecule has 1 aliphatic heterocycles. The van der Waals surface area contributed by atoms with Gasteiger partial charge in [-0.2, -0.15) is 0 Å². The molecule has 0 amide bonds. The van der Waals surface area contributed by atoms with Crippen molar-refractivity contribution in [3.05, 3.63) is 35.1 Å². The van der Waals surface area contributed by atoms with Gasteiger partial charge in [0.05, 0.1) is 0 Å². The van der Waals surface area contributed by atoms with Gasteiger partial charge in [0.15, 0.2) is 0 Å². The first-order chi connectivity index (χ1) is 10.1. The van der Waals surface area contributed by atoms with Crippen molar-refractivity contribution in [2.75, 3.05) is 6.54 Å². The Hall–Kier alpha value is -0.930. The molecule has 0 bridgehead atoms. The van der Waals surface area contributed by atoms with Gasteiger partial charge in [0.25, 0.3) is 0 Å². The first-order valence-electron chi connectivity index (χ1n) is 8.40. The van der Waals surface area contributed by atoms with Crippen molar-refractivity contribution in [2.24, 2.45) is 5.92 Å². The topological polar surface area (TPSA) is 24.1 Å². The van der Waals surface area contributed by atoms with Gasteiger partial charge in [0.1, 0.15) is 5.82 Å². The molecule has 116 valence electrons. The second kappa shape index (κ2) is 6.45. The van der Waals surface area contributed by atoms with E-state index in [0.29, 0.717) is 12.1 Å². The molecule has 1 saturated heterocycles. The first-order valence-corrected chi connectivity index (χ1v) is 8.40. The molecule has 2 nitrogen and oxygen atoms in total. The minimum atomic E-state index is -0.0958. The molecule has 1 aromatic rings. The third-order valence-electron chi connectivity index (χ3n) is 5.34. The predicted octanol–water partition coefficient (Wildman–Crippen LogP) is 3.71. The molecule has 0 aromatic heterocycles. The van der Waals surface area contributed by atoms with E-state index in [1.165, 1.54) is 38.6 Å². The van der Waals surface area contributed by atoms with Gasteiger partial charge in [-0.05, 0) is 69.2 Å². The summed E-state index contributed by atoms with van der Waals surface area (Å²) in [5.41, 5.74) is 1.78. The molecule has 21 heavy (non-hydrogen) atoms. The van der Waals surface area contributed by atoms with E-state index in [-0.39, 0.29) is 11.9 Å². The van der Waals surface area contributed by atoms with Gasteiger partial charge in [-0.3, -0.25) is 0 Å². The van der Waals surface area contributed by atoms with Crippen molar-refractivity contribution >= 4 is 0 Å². The predicted molar refractivity (Wildman–Crippen MR) is 84.8 cm³/mol. The van der Waals surface area contributed by atoms with E-state index < -0.39 is 0 Å². The largest absolute Gasteiger partial charge is 0.314 e. The summed E-state index contributed by atoms with van der Waals surface area (Å²) in [4.78, 5) is 0. The van der Waals surface area contributed by atoms with Crippen molar-refractivity contribution in [1.29, 1.82) is 0 Å². The number of hydrogen-bond acceptors (Lipinski definition) is 2. The number of nitrogens with one attached hydrogen (secondary N) is 2. The molecule has 1 aliphatic carbocycles. The SMILES string of the molecule is Cc1ccc(C(C)NC2CCCC2C2CCCN2)cc1F. The summed E-state index contributed by atoms with van der Waals surface area (Å²) < 4.78 is 13.7. The number of rotatable bonds is 4. The number of hydrogen-bond donors (Lipinski definition) is 2. The Morgan fingerprint density at radius 2 is 2.10 bits per heavy atom. The Labute approximate surface area is 127 Å². The molecular weight excluding hydrogens is 263 g/mol. The minimum Gasteiger partial charge on any atom is -0.314 e. The molecule has 2 fully saturated rings. The van der Waals surface area contributed by atoms with Gasteiger partial charge >= 0.3 is 0 Å². The van der Waals surface area contributed by atoms with Crippen molar-refractivity contribution in [3.63, 3.8) is 0 Å². The van der Waals surface area contributed by atoms with Crippen LogP contribution < -0.4 is 10.6 Å². The van der Waals surface area contributed by atoms with Gasteiger partial charge in [-0.1, -0.05) is 18.6 Å². The van der Waals surface area contributed by atoms with Crippen molar-refractivity contribution < 1.29 is 4.39 Å². The molecule has 4 unspecified atom stereocenters. The molecule has 3 rings (SSSR count). The van der Waals surface area contributed by atoms with Gasteiger partial charge in [0, 0.05) is 18.1 Å². The monoisotopic (exact) mass is 290 g/mol. The fourth-order valence-corrected chi connectivity index (χ4v) is 4.05. The van der Waals surface area contributed by atoms with Crippen LogP contribution in [0.15, 0.2) is 18.2 Å². The van der Waals surface area contributed by atoms with Crippen LogP contribution in [-0.4, -0.2) is 18.6 Å². The minimum absolute atomic E-state index is 0.0958. The molecule has 2 N–H and O–H groups in total. The Kier molecular flexibility index (Phi) is 4.60. The van der Waals surface area contributed by atoms with Crippen LogP contribution in [-0.2, 0) is 0 Å². The lowest BCUT2D eigenvalue weighted by atomic mass is 9.92. The summed E-state index contributed by atoms with van der Waals surface area (Å²) >= 11 is 0. The van der Waals surface area contributed by atoms with E-state index in [4.69, 9.17) is 0 Å². The van der Waals surface area contributed by atoms with Crippen molar-refractivity contribution in [2.45, 2.75) is 64.1 Å². The summed E-state index contributed by atoms with van der Waals surface area (Å²) in [5.74, 6) is 0.645. The Balaban J connectivity index is 1.65. The Morgan fingerprint density at radius 1 is 1.24 bits per heavy atom. The average Bonchev–Trinajstić information content (AvgIpc) is 3.12. The molecule has 4 atom stereocenters. The summed E-state index contributed by atoms with van der Waals surface area (Å²) in [6.07, 6.45) is 6.52. The molecule has 2 aliphatic rings. The maximum absolute atomic E-state index is 13.7. The quantitative estimate of drug-likeness (QED) is 0.883. The second-order valence-corrected chi connectivity index (χ2v) is 6.80. The Morgan fingerprint density at radius 3 is 2.81 bits per heavy atom. The van der Waals surface area contributed by atoms with E-state index in [2.05, 4.69) is 17.6 Å². The fourth-order valence-electron chi connectivity index (χ4n) is 4.05. The third-order valence-corrected chi connectivity index (χ3v) is 5.34. The van der Waals surface area contributed by atoms with E-state index in [1.54, 1.807) is 6.07 Å². The van der Waals surface area contributed by atoms with Gasteiger partial charge in [-0.25, -0.2) is 4.39 Å². The van der Waals surface area contributed by atoms with E-state index >= 15 is 0 Å².